The molecule has 0 spiro atoms. The van der Waals surface area contributed by atoms with Gasteiger partial charge < -0.3 is 19.9 Å². The van der Waals surface area contributed by atoms with E-state index in [9.17, 15) is 9.59 Å². The van der Waals surface area contributed by atoms with Crippen LogP contribution in [0, 0.1) is 0 Å². The Bertz CT molecular complexity index is 343. The van der Waals surface area contributed by atoms with Crippen LogP contribution < -0.4 is 5.32 Å². The molecule has 1 N–H and O–H groups in total. The van der Waals surface area contributed by atoms with E-state index in [4.69, 9.17) is 0 Å². The number of nitrogens with one attached hydrogen (secondary N) is 1. The second-order valence-corrected chi connectivity index (χ2v) is 5.23. The number of esters is 1. The largest absolute Gasteiger partial charge is 0.469 e. The molecular formula is C13H24N4O3. The molecule has 7 nitrogen and oxygen atoms in total. The number of nitrogens with zero attached hydrogens (tertiary/aromatic N) is 3. The van der Waals surface area contributed by atoms with Crippen molar-refractivity contribution >= 4 is 12.0 Å². The minimum Gasteiger partial charge on any atom is -0.469 e. The Balaban J connectivity index is 1.59. The molecule has 0 aromatic carbocycles. The van der Waals surface area contributed by atoms with Gasteiger partial charge in [-0.05, 0) is 0 Å². The summed E-state index contributed by atoms with van der Waals surface area (Å²) in [4.78, 5) is 29.0. The Labute approximate surface area is 119 Å². The van der Waals surface area contributed by atoms with Crippen LogP contribution in [0.3, 0.4) is 0 Å². The van der Waals surface area contributed by atoms with Gasteiger partial charge in [-0.3, -0.25) is 9.69 Å². The lowest BCUT2D eigenvalue weighted by Crippen LogP contribution is -2.49. The van der Waals surface area contributed by atoms with Crippen molar-refractivity contribution in [1.82, 2.24) is 20.0 Å². The van der Waals surface area contributed by atoms with E-state index < -0.39 is 0 Å². The van der Waals surface area contributed by atoms with Crippen molar-refractivity contribution in [1.29, 1.82) is 0 Å². The number of piperazine rings is 1. The molecule has 2 amide bonds. The second-order valence-electron chi connectivity index (χ2n) is 5.23. The quantitative estimate of drug-likeness (QED) is 0.647. The van der Waals surface area contributed by atoms with Gasteiger partial charge in [0, 0.05) is 58.9 Å². The number of ether oxygens (including phenoxy) is 1. The first-order valence-electron chi connectivity index (χ1n) is 7.23. The lowest BCUT2D eigenvalue weighted by molar-refractivity contribution is -0.141. The average Bonchev–Trinajstić information content (AvgIpc) is 2.89. The molecule has 0 bridgehead atoms. The Hall–Kier alpha value is -1.34. The van der Waals surface area contributed by atoms with Crippen molar-refractivity contribution in [3.8, 4) is 0 Å². The Morgan fingerprint density at radius 3 is 2.30 bits per heavy atom. The number of carbonyl (C=O) groups is 2. The molecule has 0 radical (unpaired) electrons. The molecule has 0 aromatic rings. The fourth-order valence-electron chi connectivity index (χ4n) is 2.57. The molecule has 2 aliphatic heterocycles. The molecular weight excluding hydrogens is 260 g/mol. The summed E-state index contributed by atoms with van der Waals surface area (Å²) in [7, 11) is 1.43. The summed E-state index contributed by atoms with van der Waals surface area (Å²) in [5.74, 6) is -0.146. The van der Waals surface area contributed by atoms with E-state index in [0.717, 1.165) is 58.9 Å². The van der Waals surface area contributed by atoms with Crippen LogP contribution in [0.5, 0.6) is 0 Å². The highest BCUT2D eigenvalue weighted by atomic mass is 16.5. The normalized spacial score (nSPS) is 21.1. The summed E-state index contributed by atoms with van der Waals surface area (Å²) in [5.41, 5.74) is 0. The topological polar surface area (TPSA) is 65.1 Å². The van der Waals surface area contributed by atoms with Gasteiger partial charge in [-0.1, -0.05) is 0 Å². The van der Waals surface area contributed by atoms with Gasteiger partial charge in [-0.15, -0.1) is 0 Å². The second kappa shape index (κ2) is 7.44. The molecule has 0 saturated carbocycles. The molecule has 0 aliphatic carbocycles. The summed E-state index contributed by atoms with van der Waals surface area (Å²) in [6, 6.07) is 0.0571. The van der Waals surface area contributed by atoms with E-state index in [0.29, 0.717) is 6.42 Å². The predicted molar refractivity (Wildman–Crippen MR) is 74.5 cm³/mol. The minimum absolute atomic E-state index is 0.0571. The highest BCUT2D eigenvalue weighted by Crippen LogP contribution is 2.04. The number of hydrogen-bond donors (Lipinski definition) is 1. The molecule has 0 atom stereocenters. The van der Waals surface area contributed by atoms with E-state index in [1.807, 2.05) is 4.90 Å². The first-order valence-corrected chi connectivity index (χ1v) is 7.23. The van der Waals surface area contributed by atoms with Crippen LogP contribution in [-0.2, 0) is 9.53 Å². The average molecular weight is 284 g/mol. The van der Waals surface area contributed by atoms with Gasteiger partial charge in [0.05, 0.1) is 13.5 Å². The molecule has 7 heteroatoms. The third-order valence-electron chi connectivity index (χ3n) is 3.96. The standard InChI is InChI=1S/C13H24N4O3/c1-20-12(18)2-4-15-6-8-16(9-7-15)10-11-17-5-3-14-13(17)19/h2-11H2,1H3,(H,14,19). The molecule has 2 fully saturated rings. The van der Waals surface area contributed by atoms with Gasteiger partial charge >= 0.3 is 12.0 Å². The maximum absolute atomic E-state index is 11.4. The van der Waals surface area contributed by atoms with Crippen molar-refractivity contribution in [3.63, 3.8) is 0 Å². The lowest BCUT2D eigenvalue weighted by atomic mass is 10.3. The zero-order valence-electron chi connectivity index (χ0n) is 12.1. The Morgan fingerprint density at radius 1 is 1.10 bits per heavy atom. The van der Waals surface area contributed by atoms with Gasteiger partial charge in [0.1, 0.15) is 0 Å². The SMILES string of the molecule is COC(=O)CCN1CCN(CCN2CCNC2=O)CC1. The zero-order valence-corrected chi connectivity index (χ0v) is 12.1. The summed E-state index contributed by atoms with van der Waals surface area (Å²) >= 11 is 0. The van der Waals surface area contributed by atoms with E-state index in [2.05, 4.69) is 19.9 Å². The van der Waals surface area contributed by atoms with Crippen LogP contribution in [0.1, 0.15) is 6.42 Å². The molecule has 0 unspecified atom stereocenters. The third-order valence-corrected chi connectivity index (χ3v) is 3.96. The summed E-state index contributed by atoms with van der Waals surface area (Å²) < 4.78 is 4.65. The van der Waals surface area contributed by atoms with E-state index in [1.165, 1.54) is 7.11 Å². The fourth-order valence-corrected chi connectivity index (χ4v) is 2.57. The number of rotatable bonds is 6. The third kappa shape index (κ3) is 4.35. The van der Waals surface area contributed by atoms with Crippen molar-refractivity contribution in [3.05, 3.63) is 0 Å². The van der Waals surface area contributed by atoms with Gasteiger partial charge in [-0.25, -0.2) is 4.79 Å². The summed E-state index contributed by atoms with van der Waals surface area (Å²) in [6.45, 7) is 8.03. The highest BCUT2D eigenvalue weighted by molar-refractivity contribution is 5.76. The maximum Gasteiger partial charge on any atom is 0.317 e. The van der Waals surface area contributed by atoms with Crippen molar-refractivity contribution < 1.29 is 14.3 Å². The van der Waals surface area contributed by atoms with Gasteiger partial charge in [-0.2, -0.15) is 0 Å². The fraction of sp³-hybridized carbons (Fsp3) is 0.846. The van der Waals surface area contributed by atoms with Crippen LogP contribution in [0.25, 0.3) is 0 Å². The molecule has 2 rings (SSSR count). The number of methoxy groups -OCH3 is 1. The molecule has 2 aliphatic rings. The molecule has 2 saturated heterocycles. The van der Waals surface area contributed by atoms with E-state index in [-0.39, 0.29) is 12.0 Å². The van der Waals surface area contributed by atoms with Gasteiger partial charge in [0.2, 0.25) is 0 Å². The van der Waals surface area contributed by atoms with Gasteiger partial charge in [0.15, 0.2) is 0 Å². The first kappa shape index (κ1) is 15.1. The van der Waals surface area contributed by atoms with Crippen LogP contribution in [0.2, 0.25) is 0 Å². The number of amides is 2. The minimum atomic E-state index is -0.146. The van der Waals surface area contributed by atoms with E-state index >= 15 is 0 Å². The van der Waals surface area contributed by atoms with Crippen LogP contribution in [-0.4, -0.2) is 92.7 Å². The Morgan fingerprint density at radius 2 is 1.75 bits per heavy atom. The smallest absolute Gasteiger partial charge is 0.317 e. The van der Waals surface area contributed by atoms with Crippen LogP contribution >= 0.6 is 0 Å². The first-order chi connectivity index (χ1) is 9.69. The monoisotopic (exact) mass is 284 g/mol. The predicted octanol–water partition coefficient (Wildman–Crippen LogP) is -0.808. The zero-order chi connectivity index (χ0) is 14.4. The number of carbonyl (C=O) groups excluding carboxylic acids is 2. The van der Waals surface area contributed by atoms with Crippen molar-refractivity contribution in [2.24, 2.45) is 0 Å². The summed E-state index contributed by atoms with van der Waals surface area (Å²) in [5, 5.41) is 2.81. The molecule has 114 valence electrons. The molecule has 20 heavy (non-hydrogen) atoms. The number of hydrogen-bond acceptors (Lipinski definition) is 5. The van der Waals surface area contributed by atoms with E-state index in [1.54, 1.807) is 0 Å². The van der Waals surface area contributed by atoms with Crippen molar-refractivity contribution in [2.45, 2.75) is 6.42 Å². The lowest BCUT2D eigenvalue weighted by Gasteiger charge is -2.35. The highest BCUT2D eigenvalue weighted by Gasteiger charge is 2.22. The van der Waals surface area contributed by atoms with Crippen LogP contribution in [0.15, 0.2) is 0 Å². The van der Waals surface area contributed by atoms with Crippen LogP contribution in [0.4, 0.5) is 4.79 Å². The van der Waals surface area contributed by atoms with Gasteiger partial charge in [0.25, 0.3) is 0 Å². The molecule has 0 aromatic heterocycles. The van der Waals surface area contributed by atoms with Crippen molar-refractivity contribution in [2.75, 3.05) is 66.0 Å². The Kier molecular flexibility index (Phi) is 5.60. The maximum atomic E-state index is 11.4. The summed E-state index contributed by atoms with van der Waals surface area (Å²) in [6.07, 6.45) is 0.463. The number of urea groups is 1. The molecule has 2 heterocycles.